The van der Waals surface area contributed by atoms with Crippen molar-refractivity contribution in [2.24, 2.45) is 5.92 Å². The summed E-state index contributed by atoms with van der Waals surface area (Å²) < 4.78 is 53.5. The Balaban J connectivity index is 1.14. The summed E-state index contributed by atoms with van der Waals surface area (Å²) >= 11 is 0. The lowest BCUT2D eigenvalue weighted by Crippen LogP contribution is -2.60. The molecule has 0 radical (unpaired) electrons. The number of morpholine rings is 1. The van der Waals surface area contributed by atoms with Gasteiger partial charge >= 0.3 is 12.5 Å². The van der Waals surface area contributed by atoms with Crippen LogP contribution in [0.3, 0.4) is 0 Å². The minimum absolute atomic E-state index is 0.0669. The molecule has 202 valence electrons. The van der Waals surface area contributed by atoms with Gasteiger partial charge in [0.2, 0.25) is 0 Å². The Kier molecular flexibility index (Phi) is 6.54. The number of hydrogen-bond donors (Lipinski definition) is 0. The van der Waals surface area contributed by atoms with Crippen LogP contribution in [0.15, 0.2) is 72.8 Å². The average Bonchev–Trinajstić information content (AvgIpc) is 3.23. The number of fused-ring (bicyclic) bond motifs is 5. The summed E-state index contributed by atoms with van der Waals surface area (Å²) in [4.78, 5) is 28.3. The summed E-state index contributed by atoms with van der Waals surface area (Å²) in [6.45, 7) is 0.724. The predicted octanol–water partition coefficient (Wildman–Crippen LogP) is 6.20. The molecule has 2 heterocycles. The maximum Gasteiger partial charge on any atom is 0.573 e. The minimum atomic E-state index is -4.84. The lowest BCUT2D eigenvalue weighted by Gasteiger charge is -2.47. The second-order valence-corrected chi connectivity index (χ2v) is 10.2. The highest BCUT2D eigenvalue weighted by Crippen LogP contribution is 2.45. The van der Waals surface area contributed by atoms with E-state index in [0.29, 0.717) is 12.8 Å². The molecule has 2 atom stereocenters. The number of benzene rings is 3. The number of ketones is 1. The van der Waals surface area contributed by atoms with E-state index in [1.807, 2.05) is 24.3 Å². The van der Waals surface area contributed by atoms with Crippen LogP contribution in [0.5, 0.6) is 5.75 Å². The number of alkyl halides is 3. The van der Waals surface area contributed by atoms with Gasteiger partial charge in [-0.3, -0.25) is 9.69 Å². The van der Waals surface area contributed by atoms with Gasteiger partial charge in [0.1, 0.15) is 12.4 Å². The van der Waals surface area contributed by atoms with E-state index in [4.69, 9.17) is 9.47 Å². The summed E-state index contributed by atoms with van der Waals surface area (Å²) in [7, 11) is 0. The van der Waals surface area contributed by atoms with Crippen molar-refractivity contribution in [3.8, 4) is 16.9 Å². The molecule has 3 aromatic carbocycles. The predicted molar refractivity (Wildman–Crippen MR) is 135 cm³/mol. The summed E-state index contributed by atoms with van der Waals surface area (Å²) in [5.41, 5.74) is 4.68. The molecular weight excluding hydrogens is 511 g/mol. The molecule has 2 bridgehead atoms. The van der Waals surface area contributed by atoms with Gasteiger partial charge < -0.3 is 14.2 Å². The van der Waals surface area contributed by atoms with Crippen molar-refractivity contribution in [1.82, 2.24) is 4.90 Å². The zero-order valence-corrected chi connectivity index (χ0v) is 20.9. The van der Waals surface area contributed by atoms with Gasteiger partial charge in [-0.15, -0.1) is 13.2 Å². The highest BCUT2D eigenvalue weighted by Gasteiger charge is 2.45. The minimum Gasteiger partial charge on any atom is -0.448 e. The highest BCUT2D eigenvalue weighted by atomic mass is 19.4. The standard InChI is InChI=1S/C30H26F3NO5/c31-30(32,33)39-22-7-5-6-18(14-22)28(35)19-12-20-15-37-16-21(13-19)34(20)29(36)38-17-27-25-10-3-1-8-23(25)24-9-2-4-11-26(24)27/h1-11,14,19-21,27H,12-13,15-17H2. The van der Waals surface area contributed by atoms with Crippen LogP contribution in [0, 0.1) is 5.92 Å². The van der Waals surface area contributed by atoms with Gasteiger partial charge in [-0.1, -0.05) is 60.7 Å². The third-order valence-corrected chi connectivity index (χ3v) is 7.79. The zero-order valence-electron chi connectivity index (χ0n) is 20.9. The van der Waals surface area contributed by atoms with E-state index in [1.54, 1.807) is 4.90 Å². The molecule has 0 N–H and O–H groups in total. The number of nitrogens with zero attached hydrogens (tertiary/aromatic N) is 1. The number of hydrogen-bond acceptors (Lipinski definition) is 5. The van der Waals surface area contributed by atoms with Gasteiger partial charge in [0.15, 0.2) is 5.78 Å². The van der Waals surface area contributed by atoms with Crippen molar-refractivity contribution in [2.45, 2.75) is 37.2 Å². The van der Waals surface area contributed by atoms with E-state index in [9.17, 15) is 22.8 Å². The fourth-order valence-electron chi connectivity index (χ4n) is 6.18. The first-order valence-electron chi connectivity index (χ1n) is 12.9. The maximum absolute atomic E-state index is 13.4. The molecule has 3 aromatic rings. The molecule has 1 aliphatic carbocycles. The SMILES string of the molecule is O=C(c1cccc(OC(F)(F)F)c1)C1CC2COCC(C1)N2C(=O)OCC1c2ccccc2-c2ccccc21. The third-order valence-electron chi connectivity index (χ3n) is 7.79. The third kappa shape index (κ3) is 4.98. The Morgan fingerprint density at radius 3 is 2.10 bits per heavy atom. The molecule has 0 aromatic heterocycles. The normalized spacial score (nSPS) is 22.1. The van der Waals surface area contributed by atoms with Crippen LogP contribution in [-0.2, 0) is 9.47 Å². The molecule has 0 spiro atoms. The number of amides is 1. The first-order valence-corrected chi connectivity index (χ1v) is 12.9. The van der Waals surface area contributed by atoms with Crippen molar-refractivity contribution >= 4 is 11.9 Å². The monoisotopic (exact) mass is 537 g/mol. The number of rotatable bonds is 5. The molecular formula is C30H26F3NO5. The molecule has 2 unspecified atom stereocenters. The average molecular weight is 538 g/mol. The molecule has 6 rings (SSSR count). The number of Topliss-reactive ketones (excluding diaryl/α,β-unsaturated/α-hetero) is 1. The van der Waals surface area contributed by atoms with Crippen LogP contribution in [0.1, 0.15) is 40.2 Å². The fraction of sp³-hybridized carbons (Fsp3) is 0.333. The molecule has 0 saturated carbocycles. The van der Waals surface area contributed by atoms with Gasteiger partial charge in [-0.05, 0) is 47.2 Å². The van der Waals surface area contributed by atoms with Gasteiger partial charge in [0, 0.05) is 17.4 Å². The Morgan fingerprint density at radius 2 is 1.49 bits per heavy atom. The quantitative estimate of drug-likeness (QED) is 0.363. The second kappa shape index (κ2) is 10.0. The Hall–Kier alpha value is -3.85. The number of piperidine rings is 1. The number of carbonyl (C=O) groups excluding carboxylic acids is 2. The Morgan fingerprint density at radius 1 is 0.872 bits per heavy atom. The van der Waals surface area contributed by atoms with Crippen molar-refractivity contribution in [3.05, 3.63) is 89.5 Å². The van der Waals surface area contributed by atoms with Crippen molar-refractivity contribution in [2.75, 3.05) is 19.8 Å². The highest BCUT2D eigenvalue weighted by molar-refractivity contribution is 5.98. The lowest BCUT2D eigenvalue weighted by atomic mass is 9.81. The van der Waals surface area contributed by atoms with Crippen LogP contribution in [-0.4, -0.2) is 55.0 Å². The van der Waals surface area contributed by atoms with Gasteiger partial charge in [0.25, 0.3) is 0 Å². The molecule has 2 aliphatic heterocycles. The lowest BCUT2D eigenvalue weighted by molar-refractivity contribution is -0.274. The molecule has 9 heteroatoms. The molecule has 1 amide bonds. The van der Waals surface area contributed by atoms with E-state index in [2.05, 4.69) is 29.0 Å². The molecule has 3 aliphatic rings. The van der Waals surface area contributed by atoms with E-state index < -0.39 is 24.1 Å². The van der Waals surface area contributed by atoms with Crippen molar-refractivity contribution < 1.29 is 37.0 Å². The second-order valence-electron chi connectivity index (χ2n) is 10.2. The summed E-state index contributed by atoms with van der Waals surface area (Å²) in [5, 5.41) is 0. The number of carbonyl (C=O) groups is 2. The van der Waals surface area contributed by atoms with Crippen molar-refractivity contribution in [1.29, 1.82) is 0 Å². The zero-order chi connectivity index (χ0) is 27.1. The summed E-state index contributed by atoms with van der Waals surface area (Å²) in [6.07, 6.45) is -4.61. The maximum atomic E-state index is 13.4. The molecule has 2 fully saturated rings. The van der Waals surface area contributed by atoms with Gasteiger partial charge in [-0.25, -0.2) is 4.79 Å². The summed E-state index contributed by atoms with van der Waals surface area (Å²) in [5.74, 6) is -1.23. The van der Waals surface area contributed by atoms with Gasteiger partial charge in [-0.2, -0.15) is 0 Å². The van der Waals surface area contributed by atoms with E-state index in [0.717, 1.165) is 34.4 Å². The summed E-state index contributed by atoms with van der Waals surface area (Å²) in [6, 6.07) is 20.6. The largest absolute Gasteiger partial charge is 0.573 e. The fourth-order valence-corrected chi connectivity index (χ4v) is 6.18. The molecule has 39 heavy (non-hydrogen) atoms. The first kappa shape index (κ1) is 25.4. The Bertz CT molecular complexity index is 1350. The van der Waals surface area contributed by atoms with E-state index in [1.165, 1.54) is 12.1 Å². The topological polar surface area (TPSA) is 65.1 Å². The van der Waals surface area contributed by atoms with Gasteiger partial charge in [0.05, 0.1) is 25.3 Å². The van der Waals surface area contributed by atoms with Crippen LogP contribution in [0.25, 0.3) is 11.1 Å². The smallest absolute Gasteiger partial charge is 0.448 e. The van der Waals surface area contributed by atoms with E-state index in [-0.39, 0.29) is 49.2 Å². The molecule has 2 saturated heterocycles. The van der Waals surface area contributed by atoms with Crippen LogP contribution in [0.2, 0.25) is 0 Å². The van der Waals surface area contributed by atoms with Crippen molar-refractivity contribution in [3.63, 3.8) is 0 Å². The van der Waals surface area contributed by atoms with Crippen LogP contribution in [0.4, 0.5) is 18.0 Å². The molecule has 6 nitrogen and oxygen atoms in total. The number of ether oxygens (including phenoxy) is 3. The number of halogens is 3. The van der Waals surface area contributed by atoms with Crippen LogP contribution < -0.4 is 4.74 Å². The van der Waals surface area contributed by atoms with E-state index >= 15 is 0 Å². The Labute approximate surface area is 223 Å². The van der Waals surface area contributed by atoms with Crippen LogP contribution >= 0.6 is 0 Å². The first-order chi connectivity index (χ1) is 18.8.